The Kier molecular flexibility index (Phi) is 7.94. The van der Waals surface area contributed by atoms with Crippen LogP contribution in [0, 0.1) is 16.0 Å². The largest absolute Gasteiger partial charge is 0.456 e. The van der Waals surface area contributed by atoms with Crippen molar-refractivity contribution in [2.24, 2.45) is 5.92 Å². The highest BCUT2D eigenvalue weighted by Crippen LogP contribution is 2.48. The lowest BCUT2D eigenvalue weighted by Gasteiger charge is -2.48. The van der Waals surface area contributed by atoms with Gasteiger partial charge in [0.15, 0.2) is 8.32 Å². The van der Waals surface area contributed by atoms with Gasteiger partial charge in [-0.15, -0.1) is 0 Å². The first-order chi connectivity index (χ1) is 17.7. The Morgan fingerprint density at radius 2 is 1.70 bits per heavy atom. The van der Waals surface area contributed by atoms with Crippen LogP contribution in [-0.4, -0.2) is 42.2 Å². The van der Waals surface area contributed by atoms with Crippen LogP contribution < -0.4 is 0 Å². The number of ether oxygens (including phenoxy) is 1. The molecule has 0 unspecified atom stereocenters. The van der Waals surface area contributed by atoms with Gasteiger partial charge in [0.1, 0.15) is 12.3 Å². The second kappa shape index (κ2) is 11.0. The quantitative estimate of drug-likeness (QED) is 0.124. The third-order valence-electron chi connectivity index (χ3n) is 7.92. The SMILES string of the molecule is CC[Si](CC)(CC)O[C@H](C)[C@H]1C(=O)N2C(C(=O)OCc3ccc([N+](=O)[O-])cc3)=C(c3ccccc3)C[C@H]12. The molecule has 1 amide bonds. The summed E-state index contributed by atoms with van der Waals surface area (Å²) >= 11 is 0. The van der Waals surface area contributed by atoms with E-state index in [2.05, 4.69) is 20.8 Å². The van der Waals surface area contributed by atoms with Crippen molar-refractivity contribution in [3.8, 4) is 0 Å². The van der Waals surface area contributed by atoms with E-state index in [-0.39, 0.29) is 42.0 Å². The minimum absolute atomic E-state index is 0.0300. The van der Waals surface area contributed by atoms with Crippen LogP contribution in [0.5, 0.6) is 0 Å². The van der Waals surface area contributed by atoms with E-state index in [0.717, 1.165) is 29.3 Å². The van der Waals surface area contributed by atoms with Gasteiger partial charge in [-0.2, -0.15) is 0 Å². The Hall–Kier alpha value is -3.30. The van der Waals surface area contributed by atoms with Crippen molar-refractivity contribution in [3.63, 3.8) is 0 Å². The summed E-state index contributed by atoms with van der Waals surface area (Å²) in [4.78, 5) is 38.8. The third-order valence-corrected chi connectivity index (χ3v) is 12.7. The predicted molar refractivity (Wildman–Crippen MR) is 143 cm³/mol. The summed E-state index contributed by atoms with van der Waals surface area (Å²) < 4.78 is 12.3. The van der Waals surface area contributed by atoms with E-state index in [4.69, 9.17) is 9.16 Å². The van der Waals surface area contributed by atoms with E-state index in [1.165, 1.54) is 12.1 Å². The Labute approximate surface area is 218 Å². The predicted octanol–water partition coefficient (Wildman–Crippen LogP) is 5.69. The Balaban J connectivity index is 1.55. The van der Waals surface area contributed by atoms with Crippen molar-refractivity contribution in [1.82, 2.24) is 4.90 Å². The maximum absolute atomic E-state index is 13.5. The molecule has 2 aliphatic heterocycles. The van der Waals surface area contributed by atoms with Gasteiger partial charge in [0.2, 0.25) is 5.91 Å². The minimum Gasteiger partial charge on any atom is -0.456 e. The number of nitro benzene ring substituents is 1. The van der Waals surface area contributed by atoms with Gasteiger partial charge in [-0.3, -0.25) is 14.9 Å². The van der Waals surface area contributed by atoms with Gasteiger partial charge < -0.3 is 14.1 Å². The number of hydrogen-bond donors (Lipinski definition) is 0. The topological polar surface area (TPSA) is 99.0 Å². The number of rotatable bonds is 11. The summed E-state index contributed by atoms with van der Waals surface area (Å²) in [7, 11) is -1.90. The monoisotopic (exact) mass is 522 g/mol. The van der Waals surface area contributed by atoms with Crippen molar-refractivity contribution < 1.29 is 23.7 Å². The van der Waals surface area contributed by atoms with E-state index in [1.54, 1.807) is 17.0 Å². The summed E-state index contributed by atoms with van der Waals surface area (Å²) in [5.74, 6) is -0.966. The summed E-state index contributed by atoms with van der Waals surface area (Å²) in [5.41, 5.74) is 2.57. The van der Waals surface area contributed by atoms with Crippen molar-refractivity contribution >= 4 is 31.5 Å². The molecule has 0 N–H and O–H groups in total. The zero-order chi connectivity index (χ0) is 26.7. The van der Waals surface area contributed by atoms with E-state index in [0.29, 0.717) is 12.0 Å². The standard InChI is InChI=1S/C28H34N2O6Si/c1-5-37(6-2,7-3)36-19(4)25-24-17-23(21-11-9-8-10-12-21)26(29(24)27(25)31)28(32)35-18-20-13-15-22(16-14-20)30(33)34/h8-16,19,24-25H,5-7,17-18H2,1-4H3/t19-,24-,25-/m1/s1. The molecule has 4 rings (SSSR count). The summed E-state index contributed by atoms with van der Waals surface area (Å²) in [5, 5.41) is 10.9. The maximum atomic E-state index is 13.5. The summed E-state index contributed by atoms with van der Waals surface area (Å²) in [6, 6.07) is 18.4. The van der Waals surface area contributed by atoms with Crippen LogP contribution in [0.15, 0.2) is 60.3 Å². The van der Waals surface area contributed by atoms with Gasteiger partial charge in [-0.1, -0.05) is 51.1 Å². The first kappa shape index (κ1) is 26.8. The average Bonchev–Trinajstić information content (AvgIpc) is 3.26. The fourth-order valence-electron chi connectivity index (χ4n) is 5.54. The molecule has 2 aliphatic rings. The number of non-ortho nitro benzene ring substituents is 1. The molecule has 0 radical (unpaired) electrons. The first-order valence-corrected chi connectivity index (χ1v) is 15.5. The number of nitrogens with zero attached hydrogens (tertiary/aromatic N) is 2. The van der Waals surface area contributed by atoms with E-state index < -0.39 is 19.2 Å². The molecule has 3 atom stereocenters. The number of hydrogen-bond acceptors (Lipinski definition) is 6. The fourth-order valence-corrected chi connectivity index (χ4v) is 8.48. The van der Waals surface area contributed by atoms with Gasteiger partial charge in [0.05, 0.1) is 23.0 Å². The minimum atomic E-state index is -1.90. The number of fused-ring (bicyclic) bond motifs is 1. The molecule has 2 aromatic rings. The lowest BCUT2D eigenvalue weighted by molar-refractivity contribution is -0.384. The van der Waals surface area contributed by atoms with E-state index in [9.17, 15) is 19.7 Å². The molecule has 1 saturated heterocycles. The van der Waals surface area contributed by atoms with Crippen LogP contribution in [0.1, 0.15) is 45.2 Å². The summed E-state index contributed by atoms with van der Waals surface area (Å²) in [6.07, 6.45) is 0.349. The maximum Gasteiger partial charge on any atom is 0.355 e. The van der Waals surface area contributed by atoms with Crippen LogP contribution in [0.2, 0.25) is 18.1 Å². The number of nitro groups is 1. The Bertz CT molecular complexity index is 1180. The number of carbonyl (C=O) groups excluding carboxylic acids is 2. The van der Waals surface area contributed by atoms with Crippen LogP contribution in [0.25, 0.3) is 5.57 Å². The van der Waals surface area contributed by atoms with Crippen LogP contribution >= 0.6 is 0 Å². The Morgan fingerprint density at radius 1 is 1.08 bits per heavy atom. The molecule has 9 heteroatoms. The van der Waals surface area contributed by atoms with Crippen molar-refractivity contribution in [1.29, 1.82) is 0 Å². The average molecular weight is 523 g/mol. The molecular formula is C28H34N2O6Si. The molecule has 0 spiro atoms. The summed E-state index contributed by atoms with van der Waals surface area (Å²) in [6.45, 7) is 8.46. The number of esters is 1. The lowest BCUT2D eigenvalue weighted by atomic mass is 9.82. The molecular weight excluding hydrogens is 488 g/mol. The van der Waals surface area contributed by atoms with Crippen LogP contribution in [0.3, 0.4) is 0 Å². The second-order valence-corrected chi connectivity index (χ2v) is 14.5. The molecule has 0 aliphatic carbocycles. The molecule has 2 heterocycles. The molecule has 8 nitrogen and oxygen atoms in total. The Morgan fingerprint density at radius 3 is 2.27 bits per heavy atom. The van der Waals surface area contributed by atoms with Crippen molar-refractivity contribution in [3.05, 3.63) is 81.5 Å². The number of β-lactam (4-membered cyclic amide) rings is 1. The molecule has 0 saturated carbocycles. The molecule has 1 fully saturated rings. The third kappa shape index (κ3) is 5.10. The van der Waals surface area contributed by atoms with Gasteiger partial charge in [-0.25, -0.2) is 4.79 Å². The van der Waals surface area contributed by atoms with Gasteiger partial charge in [0, 0.05) is 12.1 Å². The number of benzene rings is 2. The van der Waals surface area contributed by atoms with E-state index >= 15 is 0 Å². The zero-order valence-corrected chi connectivity index (χ0v) is 22.8. The normalized spacial score (nSPS) is 19.9. The molecule has 2 aromatic carbocycles. The molecule has 0 aromatic heterocycles. The molecule has 196 valence electrons. The molecule has 0 bridgehead atoms. The lowest BCUT2D eigenvalue weighted by Crippen LogP contribution is -2.63. The van der Waals surface area contributed by atoms with Gasteiger partial charge in [0.25, 0.3) is 5.69 Å². The fraction of sp³-hybridized carbons (Fsp3) is 0.429. The highest BCUT2D eigenvalue weighted by molar-refractivity contribution is 6.73. The van der Waals surface area contributed by atoms with Gasteiger partial charge >= 0.3 is 5.97 Å². The van der Waals surface area contributed by atoms with Crippen LogP contribution in [-0.2, 0) is 25.4 Å². The van der Waals surface area contributed by atoms with E-state index in [1.807, 2.05) is 37.3 Å². The number of amides is 1. The smallest absolute Gasteiger partial charge is 0.355 e. The highest BCUT2D eigenvalue weighted by atomic mass is 28.4. The van der Waals surface area contributed by atoms with Crippen molar-refractivity contribution in [2.45, 2.75) is 71.0 Å². The first-order valence-electron chi connectivity index (χ1n) is 12.9. The van der Waals surface area contributed by atoms with Crippen LogP contribution in [0.4, 0.5) is 5.69 Å². The highest BCUT2D eigenvalue weighted by Gasteiger charge is 2.58. The number of carbonyl (C=O) groups is 2. The zero-order valence-electron chi connectivity index (χ0n) is 21.8. The second-order valence-electron chi connectivity index (χ2n) is 9.77. The molecule has 37 heavy (non-hydrogen) atoms. The van der Waals surface area contributed by atoms with Crippen molar-refractivity contribution in [2.75, 3.05) is 0 Å². The van der Waals surface area contributed by atoms with Gasteiger partial charge in [-0.05, 0) is 60.3 Å².